The smallest absolute Gasteiger partial charge is 0.261 e. The van der Waals surface area contributed by atoms with Crippen LogP contribution in [-0.2, 0) is 10.0 Å². The van der Waals surface area contributed by atoms with Crippen LogP contribution in [0.2, 0.25) is 0 Å². The third kappa shape index (κ3) is 4.57. The molecule has 1 fully saturated rings. The van der Waals surface area contributed by atoms with E-state index in [9.17, 15) is 8.42 Å². The van der Waals surface area contributed by atoms with Crippen LogP contribution in [0.5, 0.6) is 0 Å². The molecule has 1 heterocycles. The van der Waals surface area contributed by atoms with Crippen LogP contribution < -0.4 is 10.5 Å². The van der Waals surface area contributed by atoms with Gasteiger partial charge in [0.25, 0.3) is 10.0 Å². The van der Waals surface area contributed by atoms with Crippen molar-refractivity contribution in [3.05, 3.63) is 78.0 Å². The minimum Gasteiger partial charge on any atom is -0.327 e. The topological polar surface area (TPSA) is 109 Å². The molecular formula is C21H19ClN4O2S. The summed E-state index contributed by atoms with van der Waals surface area (Å²) in [5.41, 5.74) is 9.43. The molecule has 1 saturated carbocycles. The molecule has 3 N–H and O–H groups in total. The van der Waals surface area contributed by atoms with E-state index in [4.69, 9.17) is 11.0 Å². The van der Waals surface area contributed by atoms with Crippen LogP contribution in [0.15, 0.2) is 71.8 Å². The van der Waals surface area contributed by atoms with E-state index in [2.05, 4.69) is 9.71 Å². The first-order chi connectivity index (χ1) is 13.5. The number of halogens is 1. The molecule has 3 aromatic rings. The molecule has 2 aromatic carbocycles. The van der Waals surface area contributed by atoms with Crippen LogP contribution in [0.4, 0.5) is 5.69 Å². The third-order valence-electron chi connectivity index (χ3n) is 4.76. The normalized spacial score (nSPS) is 17.7. The molecule has 6 nitrogen and oxygen atoms in total. The van der Waals surface area contributed by atoms with Crippen LogP contribution in [0.1, 0.15) is 23.5 Å². The Morgan fingerprint density at radius 2 is 1.83 bits per heavy atom. The van der Waals surface area contributed by atoms with Gasteiger partial charge in [-0.3, -0.25) is 9.71 Å². The maximum absolute atomic E-state index is 12.6. The molecule has 0 amide bonds. The number of rotatable bonds is 5. The largest absolute Gasteiger partial charge is 0.327 e. The fourth-order valence-corrected chi connectivity index (χ4v) is 4.11. The van der Waals surface area contributed by atoms with Crippen LogP contribution in [0.3, 0.4) is 0 Å². The van der Waals surface area contributed by atoms with Crippen molar-refractivity contribution < 1.29 is 8.42 Å². The van der Waals surface area contributed by atoms with Gasteiger partial charge < -0.3 is 5.73 Å². The number of nitriles is 1. The molecule has 1 aromatic heterocycles. The summed E-state index contributed by atoms with van der Waals surface area (Å²) < 4.78 is 27.7. The molecule has 0 radical (unpaired) electrons. The number of hydrogen-bond acceptors (Lipinski definition) is 5. The van der Waals surface area contributed by atoms with Crippen molar-refractivity contribution in [3.8, 4) is 17.3 Å². The second-order valence-electron chi connectivity index (χ2n) is 6.81. The van der Waals surface area contributed by atoms with Gasteiger partial charge in [0.1, 0.15) is 0 Å². The lowest BCUT2D eigenvalue weighted by molar-refractivity contribution is 0.601. The predicted molar refractivity (Wildman–Crippen MR) is 114 cm³/mol. The van der Waals surface area contributed by atoms with E-state index in [1.54, 1.807) is 18.2 Å². The first-order valence-electron chi connectivity index (χ1n) is 8.81. The Balaban J connectivity index is 0.00000240. The zero-order chi connectivity index (χ0) is 19.7. The average Bonchev–Trinajstić information content (AvgIpc) is 3.44. The highest BCUT2D eigenvalue weighted by Crippen LogP contribution is 2.39. The van der Waals surface area contributed by atoms with Crippen LogP contribution in [0, 0.1) is 11.3 Å². The highest BCUT2D eigenvalue weighted by molar-refractivity contribution is 7.92. The van der Waals surface area contributed by atoms with Crippen molar-refractivity contribution >= 4 is 28.1 Å². The molecule has 0 spiro atoms. The summed E-state index contributed by atoms with van der Waals surface area (Å²) in [7, 11) is -3.75. The molecule has 148 valence electrons. The first-order valence-corrected chi connectivity index (χ1v) is 10.3. The van der Waals surface area contributed by atoms with Crippen molar-refractivity contribution in [1.82, 2.24) is 4.98 Å². The zero-order valence-corrected chi connectivity index (χ0v) is 17.0. The second kappa shape index (κ2) is 8.21. The number of sulfonamides is 1. The number of pyridine rings is 1. The van der Waals surface area contributed by atoms with Crippen LogP contribution in [0.25, 0.3) is 11.3 Å². The van der Waals surface area contributed by atoms with Gasteiger partial charge in [-0.15, -0.1) is 12.4 Å². The molecule has 2 atom stereocenters. The summed E-state index contributed by atoms with van der Waals surface area (Å²) in [6.07, 6.45) is 2.83. The lowest BCUT2D eigenvalue weighted by Crippen LogP contribution is -2.12. The predicted octanol–water partition coefficient (Wildman–Crippen LogP) is 3.66. The van der Waals surface area contributed by atoms with Gasteiger partial charge in [-0.05, 0) is 54.4 Å². The number of aromatic nitrogens is 1. The molecule has 0 saturated heterocycles. The Bertz CT molecular complexity index is 1160. The van der Waals surface area contributed by atoms with E-state index >= 15 is 0 Å². The zero-order valence-electron chi connectivity index (χ0n) is 15.3. The molecule has 8 heteroatoms. The Kier molecular flexibility index (Phi) is 5.89. The van der Waals surface area contributed by atoms with Crippen LogP contribution in [-0.4, -0.2) is 19.4 Å². The van der Waals surface area contributed by atoms with E-state index in [1.165, 1.54) is 24.3 Å². The summed E-state index contributed by atoms with van der Waals surface area (Å²) in [6, 6.07) is 19.0. The van der Waals surface area contributed by atoms with Gasteiger partial charge in [0.15, 0.2) is 0 Å². The van der Waals surface area contributed by atoms with Gasteiger partial charge in [0.05, 0.1) is 22.2 Å². The second-order valence-corrected chi connectivity index (χ2v) is 8.49. The SMILES string of the molecule is Cl.N#Cc1ccc(S(=O)(=O)Nc2cccc(-c3ccc([C@H]4C[C@@H]4N)cn3)c2)cc1. The summed E-state index contributed by atoms with van der Waals surface area (Å²) in [4.78, 5) is 4.59. The van der Waals surface area contributed by atoms with Gasteiger partial charge in [0, 0.05) is 29.4 Å². The Labute approximate surface area is 175 Å². The first kappa shape index (κ1) is 20.8. The average molecular weight is 427 g/mol. The Hall–Kier alpha value is -2.92. The van der Waals surface area contributed by atoms with Gasteiger partial charge in [-0.1, -0.05) is 18.2 Å². The molecule has 0 bridgehead atoms. The summed E-state index contributed by atoms with van der Waals surface area (Å²) in [5, 5.41) is 8.84. The molecular weight excluding hydrogens is 408 g/mol. The number of anilines is 1. The van der Waals surface area contributed by atoms with Crippen molar-refractivity contribution in [2.45, 2.75) is 23.3 Å². The van der Waals surface area contributed by atoms with Crippen molar-refractivity contribution in [2.24, 2.45) is 5.73 Å². The lowest BCUT2D eigenvalue weighted by atomic mass is 10.1. The van der Waals surface area contributed by atoms with E-state index < -0.39 is 10.0 Å². The fraction of sp³-hybridized carbons (Fsp3) is 0.143. The summed E-state index contributed by atoms with van der Waals surface area (Å²) in [6.45, 7) is 0. The van der Waals surface area contributed by atoms with Crippen LogP contribution >= 0.6 is 12.4 Å². The van der Waals surface area contributed by atoms with E-state index in [0.29, 0.717) is 17.2 Å². The number of nitrogens with two attached hydrogens (primary N) is 1. The molecule has 1 aliphatic rings. The highest BCUT2D eigenvalue weighted by atomic mass is 35.5. The van der Waals surface area contributed by atoms with Crippen molar-refractivity contribution in [3.63, 3.8) is 0 Å². The van der Waals surface area contributed by atoms with E-state index in [0.717, 1.165) is 23.2 Å². The minimum absolute atomic E-state index is 0. The Morgan fingerprint density at radius 1 is 1.10 bits per heavy atom. The van der Waals surface area contributed by atoms with Crippen molar-refractivity contribution in [2.75, 3.05) is 4.72 Å². The minimum atomic E-state index is -3.75. The number of hydrogen-bond donors (Lipinski definition) is 2. The van der Waals surface area contributed by atoms with Gasteiger partial charge in [-0.25, -0.2) is 8.42 Å². The van der Waals surface area contributed by atoms with E-state index in [-0.39, 0.29) is 23.3 Å². The molecule has 0 aliphatic heterocycles. The standard InChI is InChI=1S/C21H18N4O2S.ClH/c22-12-14-4-7-18(8-5-14)28(26,27)25-17-3-1-2-15(10-17)21-9-6-16(13-24-21)19-11-20(19)23;/h1-10,13,19-20,25H,11,23H2;1H/t19-,20+;/m1./s1. The lowest BCUT2D eigenvalue weighted by Gasteiger charge is -2.10. The summed E-state index contributed by atoms with van der Waals surface area (Å²) >= 11 is 0. The molecule has 0 unspecified atom stereocenters. The molecule has 29 heavy (non-hydrogen) atoms. The number of nitrogens with zero attached hydrogens (tertiary/aromatic N) is 2. The number of benzene rings is 2. The monoisotopic (exact) mass is 426 g/mol. The van der Waals surface area contributed by atoms with Gasteiger partial charge in [0.2, 0.25) is 0 Å². The Morgan fingerprint density at radius 3 is 2.41 bits per heavy atom. The van der Waals surface area contributed by atoms with E-state index in [1.807, 2.05) is 30.5 Å². The third-order valence-corrected chi connectivity index (χ3v) is 6.16. The highest BCUT2D eigenvalue weighted by Gasteiger charge is 2.34. The van der Waals surface area contributed by atoms with Crippen molar-refractivity contribution in [1.29, 1.82) is 5.26 Å². The van der Waals surface area contributed by atoms with Gasteiger partial charge >= 0.3 is 0 Å². The maximum atomic E-state index is 12.6. The number of nitrogens with one attached hydrogen (secondary N) is 1. The maximum Gasteiger partial charge on any atom is 0.261 e. The quantitative estimate of drug-likeness (QED) is 0.647. The molecule has 1 aliphatic carbocycles. The fourth-order valence-electron chi connectivity index (χ4n) is 3.06. The van der Waals surface area contributed by atoms with Gasteiger partial charge in [-0.2, -0.15) is 5.26 Å². The summed E-state index contributed by atoms with van der Waals surface area (Å²) in [5.74, 6) is 0.395. The molecule has 4 rings (SSSR count).